The largest absolute Gasteiger partial charge is 0.507 e. The van der Waals surface area contributed by atoms with E-state index in [1.54, 1.807) is 42.9 Å². The number of nitrogens with zero attached hydrogens (tertiary/aromatic N) is 2. The standard InChI is InChI=1S/C20H19FN2O3/c1-26-20(25)18-7-2-14(11-19(18)24)10-16(12-23-9-8-22-13-23)15-3-5-17(21)6-4-15/h2-9,11,13,16,24H,10,12H2,1H3. The number of benzene rings is 2. The second-order valence-electron chi connectivity index (χ2n) is 6.06. The summed E-state index contributed by atoms with van der Waals surface area (Å²) in [4.78, 5) is 15.7. The van der Waals surface area contributed by atoms with Crippen LogP contribution in [0.3, 0.4) is 0 Å². The molecule has 0 spiro atoms. The second-order valence-corrected chi connectivity index (χ2v) is 6.06. The number of aromatic nitrogens is 2. The van der Waals surface area contributed by atoms with Gasteiger partial charge in [-0.15, -0.1) is 0 Å². The molecular weight excluding hydrogens is 335 g/mol. The average Bonchev–Trinajstić information content (AvgIpc) is 3.14. The molecule has 2 aromatic carbocycles. The molecular formula is C20H19FN2O3. The maximum absolute atomic E-state index is 13.3. The van der Waals surface area contributed by atoms with E-state index in [4.69, 9.17) is 0 Å². The van der Waals surface area contributed by atoms with Crippen molar-refractivity contribution in [3.63, 3.8) is 0 Å². The summed E-state index contributed by atoms with van der Waals surface area (Å²) in [5.74, 6) is -0.930. The Bertz CT molecular complexity index is 877. The minimum atomic E-state index is -0.581. The lowest BCUT2D eigenvalue weighted by Crippen LogP contribution is -2.11. The third-order valence-electron chi connectivity index (χ3n) is 4.28. The third kappa shape index (κ3) is 4.08. The number of phenols is 1. The molecule has 134 valence electrons. The lowest BCUT2D eigenvalue weighted by Gasteiger charge is -2.19. The van der Waals surface area contributed by atoms with Gasteiger partial charge in [-0.2, -0.15) is 0 Å². The van der Waals surface area contributed by atoms with Crippen molar-refractivity contribution >= 4 is 5.97 Å². The number of hydrogen-bond donors (Lipinski definition) is 1. The van der Waals surface area contributed by atoms with Gasteiger partial charge in [0, 0.05) is 24.9 Å². The van der Waals surface area contributed by atoms with Crippen LogP contribution in [0.1, 0.15) is 27.4 Å². The molecule has 0 aliphatic heterocycles. The Morgan fingerprint density at radius 1 is 1.27 bits per heavy atom. The highest BCUT2D eigenvalue weighted by Gasteiger charge is 2.16. The number of phenolic OH excluding ortho intramolecular Hbond substituents is 1. The Morgan fingerprint density at radius 3 is 2.65 bits per heavy atom. The van der Waals surface area contributed by atoms with Crippen LogP contribution in [-0.4, -0.2) is 27.7 Å². The number of methoxy groups -OCH3 is 1. The molecule has 0 aliphatic rings. The molecule has 1 aromatic heterocycles. The van der Waals surface area contributed by atoms with E-state index < -0.39 is 5.97 Å². The highest BCUT2D eigenvalue weighted by Crippen LogP contribution is 2.27. The van der Waals surface area contributed by atoms with Crippen LogP contribution >= 0.6 is 0 Å². The van der Waals surface area contributed by atoms with Gasteiger partial charge < -0.3 is 14.4 Å². The fraction of sp³-hybridized carbons (Fsp3) is 0.200. The number of carbonyl (C=O) groups is 1. The first-order valence-electron chi connectivity index (χ1n) is 8.18. The minimum absolute atomic E-state index is 0.0492. The van der Waals surface area contributed by atoms with Crippen molar-refractivity contribution in [1.29, 1.82) is 0 Å². The van der Waals surface area contributed by atoms with E-state index in [1.807, 2.05) is 10.8 Å². The van der Waals surface area contributed by atoms with Crippen LogP contribution in [0.15, 0.2) is 61.2 Å². The van der Waals surface area contributed by atoms with E-state index in [0.29, 0.717) is 13.0 Å². The van der Waals surface area contributed by atoms with E-state index in [-0.39, 0.29) is 23.0 Å². The number of esters is 1. The van der Waals surface area contributed by atoms with Crippen molar-refractivity contribution in [2.24, 2.45) is 0 Å². The van der Waals surface area contributed by atoms with Gasteiger partial charge in [-0.25, -0.2) is 14.2 Å². The van der Waals surface area contributed by atoms with Crippen molar-refractivity contribution in [3.05, 3.63) is 83.7 Å². The summed E-state index contributed by atoms with van der Waals surface area (Å²) >= 11 is 0. The lowest BCUT2D eigenvalue weighted by atomic mass is 9.91. The maximum Gasteiger partial charge on any atom is 0.341 e. The first kappa shape index (κ1) is 17.7. The van der Waals surface area contributed by atoms with Gasteiger partial charge in [0.25, 0.3) is 0 Å². The van der Waals surface area contributed by atoms with Gasteiger partial charge >= 0.3 is 5.97 Å². The highest BCUT2D eigenvalue weighted by molar-refractivity contribution is 5.92. The lowest BCUT2D eigenvalue weighted by molar-refractivity contribution is 0.0597. The van der Waals surface area contributed by atoms with Gasteiger partial charge in [0.05, 0.1) is 13.4 Å². The predicted octanol–water partition coefficient (Wildman–Crippen LogP) is 3.54. The van der Waals surface area contributed by atoms with Crippen LogP contribution in [-0.2, 0) is 17.7 Å². The van der Waals surface area contributed by atoms with E-state index in [1.165, 1.54) is 19.2 Å². The smallest absolute Gasteiger partial charge is 0.341 e. The summed E-state index contributed by atoms with van der Waals surface area (Å²) in [6.07, 6.45) is 5.92. The highest BCUT2D eigenvalue weighted by atomic mass is 19.1. The Morgan fingerprint density at radius 2 is 2.04 bits per heavy atom. The van der Waals surface area contributed by atoms with Crippen molar-refractivity contribution in [2.45, 2.75) is 18.9 Å². The van der Waals surface area contributed by atoms with Gasteiger partial charge in [0.1, 0.15) is 17.1 Å². The van der Waals surface area contributed by atoms with Gasteiger partial charge in [0.2, 0.25) is 0 Å². The number of halogens is 1. The van der Waals surface area contributed by atoms with Crippen molar-refractivity contribution < 1.29 is 19.0 Å². The quantitative estimate of drug-likeness (QED) is 0.688. The van der Waals surface area contributed by atoms with Crippen molar-refractivity contribution in [2.75, 3.05) is 7.11 Å². The fourth-order valence-electron chi connectivity index (χ4n) is 2.94. The second kappa shape index (κ2) is 7.82. The molecule has 1 N–H and O–H groups in total. The maximum atomic E-state index is 13.3. The summed E-state index contributed by atoms with van der Waals surface area (Å²) < 4.78 is 19.9. The first-order chi connectivity index (χ1) is 12.6. The van der Waals surface area contributed by atoms with Crippen LogP contribution in [0, 0.1) is 5.82 Å². The van der Waals surface area contributed by atoms with E-state index in [2.05, 4.69) is 9.72 Å². The molecule has 0 radical (unpaired) electrons. The Hall–Kier alpha value is -3.15. The van der Waals surface area contributed by atoms with Crippen LogP contribution < -0.4 is 0 Å². The average molecular weight is 354 g/mol. The Kier molecular flexibility index (Phi) is 5.31. The van der Waals surface area contributed by atoms with Gasteiger partial charge in [-0.3, -0.25) is 0 Å². The van der Waals surface area contributed by atoms with Crippen LogP contribution in [0.4, 0.5) is 4.39 Å². The van der Waals surface area contributed by atoms with Crippen LogP contribution in [0.5, 0.6) is 5.75 Å². The summed E-state index contributed by atoms with van der Waals surface area (Å²) in [6, 6.07) is 11.3. The summed E-state index contributed by atoms with van der Waals surface area (Å²) in [5.41, 5.74) is 1.98. The Balaban J connectivity index is 1.86. The normalized spacial score (nSPS) is 11.9. The molecule has 26 heavy (non-hydrogen) atoms. The zero-order valence-corrected chi connectivity index (χ0v) is 14.3. The number of imidazole rings is 1. The molecule has 0 bridgehead atoms. The molecule has 0 saturated carbocycles. The number of ether oxygens (including phenoxy) is 1. The summed E-state index contributed by atoms with van der Waals surface area (Å²) in [6.45, 7) is 0.658. The number of rotatable bonds is 6. The molecule has 0 amide bonds. The van der Waals surface area contributed by atoms with Gasteiger partial charge in [-0.05, 0) is 41.8 Å². The third-order valence-corrected chi connectivity index (χ3v) is 4.28. The molecule has 6 heteroatoms. The number of carbonyl (C=O) groups excluding carboxylic acids is 1. The predicted molar refractivity (Wildman–Crippen MR) is 94.5 cm³/mol. The SMILES string of the molecule is COC(=O)c1ccc(CC(Cn2ccnc2)c2ccc(F)cc2)cc1O. The molecule has 0 aliphatic carbocycles. The van der Waals surface area contributed by atoms with E-state index >= 15 is 0 Å². The van der Waals surface area contributed by atoms with Crippen LogP contribution in [0.25, 0.3) is 0 Å². The molecule has 5 nitrogen and oxygen atoms in total. The van der Waals surface area contributed by atoms with Crippen molar-refractivity contribution in [3.8, 4) is 5.75 Å². The van der Waals surface area contributed by atoms with E-state index in [0.717, 1.165) is 11.1 Å². The Labute approximate surface area is 150 Å². The number of hydrogen-bond acceptors (Lipinski definition) is 4. The zero-order chi connectivity index (χ0) is 18.5. The summed E-state index contributed by atoms with van der Waals surface area (Å²) in [7, 11) is 1.27. The van der Waals surface area contributed by atoms with Gasteiger partial charge in [-0.1, -0.05) is 18.2 Å². The molecule has 0 fully saturated rings. The van der Waals surface area contributed by atoms with E-state index in [9.17, 15) is 14.3 Å². The summed E-state index contributed by atoms with van der Waals surface area (Å²) in [5, 5.41) is 10.1. The molecule has 1 atom stereocenters. The first-order valence-corrected chi connectivity index (χ1v) is 8.18. The number of aromatic hydroxyl groups is 1. The fourth-order valence-corrected chi connectivity index (χ4v) is 2.94. The molecule has 1 heterocycles. The molecule has 1 unspecified atom stereocenters. The van der Waals surface area contributed by atoms with Gasteiger partial charge in [0.15, 0.2) is 0 Å². The zero-order valence-electron chi connectivity index (χ0n) is 14.3. The minimum Gasteiger partial charge on any atom is -0.507 e. The van der Waals surface area contributed by atoms with Crippen molar-refractivity contribution in [1.82, 2.24) is 9.55 Å². The molecule has 0 saturated heterocycles. The molecule has 3 rings (SSSR count). The molecule has 3 aromatic rings. The monoisotopic (exact) mass is 354 g/mol. The van der Waals surface area contributed by atoms with Crippen LogP contribution in [0.2, 0.25) is 0 Å². The topological polar surface area (TPSA) is 64.4 Å².